The average molecular weight is 604 g/mol. The van der Waals surface area contributed by atoms with Crippen LogP contribution in [0.3, 0.4) is 0 Å². The molecular formula is C33H38IN3. The molecule has 3 nitrogen and oxygen atoms in total. The van der Waals surface area contributed by atoms with Gasteiger partial charge >= 0.3 is 5.96 Å². The minimum atomic E-state index is 0. The SMILES string of the molecule is CC[N+](CC)=C(N(c1ccccc1C)c1ccccc1C)N(c1ccccc1C)c1ccccc1C.[I-]. The highest BCUT2D eigenvalue weighted by Gasteiger charge is 2.37. The zero-order chi connectivity index (χ0) is 25.7. The van der Waals surface area contributed by atoms with Crippen molar-refractivity contribution in [2.45, 2.75) is 41.5 Å². The van der Waals surface area contributed by atoms with E-state index in [4.69, 9.17) is 0 Å². The number of hydrogen-bond donors (Lipinski definition) is 0. The van der Waals surface area contributed by atoms with Crippen molar-refractivity contribution >= 4 is 28.7 Å². The maximum absolute atomic E-state index is 2.47. The first-order valence-corrected chi connectivity index (χ1v) is 12.9. The van der Waals surface area contributed by atoms with Gasteiger partial charge in [0.05, 0.1) is 13.1 Å². The number of hydrogen-bond acceptors (Lipinski definition) is 0. The minimum Gasteiger partial charge on any atom is -1.00 e. The van der Waals surface area contributed by atoms with Gasteiger partial charge in [-0.15, -0.1) is 0 Å². The molecule has 0 fully saturated rings. The van der Waals surface area contributed by atoms with Gasteiger partial charge in [-0.25, -0.2) is 0 Å². The monoisotopic (exact) mass is 603 g/mol. The number of halogens is 1. The third kappa shape index (κ3) is 5.90. The first kappa shape index (κ1) is 28.5. The van der Waals surface area contributed by atoms with E-state index in [9.17, 15) is 0 Å². The van der Waals surface area contributed by atoms with Crippen LogP contribution < -0.4 is 33.8 Å². The van der Waals surface area contributed by atoms with Crippen LogP contribution in [-0.4, -0.2) is 23.6 Å². The first-order chi connectivity index (χ1) is 17.5. The van der Waals surface area contributed by atoms with Gasteiger partial charge in [0, 0.05) is 0 Å². The Morgan fingerprint density at radius 3 is 0.946 bits per heavy atom. The quantitative estimate of drug-likeness (QED) is 0.128. The summed E-state index contributed by atoms with van der Waals surface area (Å²) in [5.74, 6) is 1.13. The normalized spacial score (nSPS) is 10.4. The average Bonchev–Trinajstić information content (AvgIpc) is 2.89. The molecule has 0 aliphatic heterocycles. The minimum absolute atomic E-state index is 0. The molecule has 0 aliphatic rings. The summed E-state index contributed by atoms with van der Waals surface area (Å²) in [6.45, 7) is 15.1. The summed E-state index contributed by atoms with van der Waals surface area (Å²) >= 11 is 0. The molecule has 4 aromatic rings. The number of para-hydroxylation sites is 4. The second-order valence-electron chi connectivity index (χ2n) is 9.29. The number of guanidine groups is 1. The highest BCUT2D eigenvalue weighted by Crippen LogP contribution is 2.38. The van der Waals surface area contributed by atoms with Gasteiger partial charge in [-0.05, 0) is 88.1 Å². The van der Waals surface area contributed by atoms with Crippen LogP contribution in [0.2, 0.25) is 0 Å². The Morgan fingerprint density at radius 1 is 0.486 bits per heavy atom. The molecule has 0 saturated heterocycles. The molecule has 0 spiro atoms. The number of anilines is 4. The molecule has 4 heteroatoms. The summed E-state index contributed by atoms with van der Waals surface area (Å²) < 4.78 is 2.47. The Labute approximate surface area is 240 Å². The summed E-state index contributed by atoms with van der Waals surface area (Å²) in [6.07, 6.45) is 0. The lowest BCUT2D eigenvalue weighted by Crippen LogP contribution is -3.00. The lowest BCUT2D eigenvalue weighted by Gasteiger charge is -2.32. The van der Waals surface area contributed by atoms with Crippen LogP contribution in [0.1, 0.15) is 36.1 Å². The molecule has 0 heterocycles. The molecule has 0 aromatic heterocycles. The van der Waals surface area contributed by atoms with E-state index in [-0.39, 0.29) is 24.0 Å². The van der Waals surface area contributed by atoms with Gasteiger partial charge in [-0.1, -0.05) is 72.8 Å². The number of nitrogens with zero attached hydrogens (tertiary/aromatic N) is 3. The van der Waals surface area contributed by atoms with Crippen LogP contribution >= 0.6 is 0 Å². The molecule has 0 bridgehead atoms. The lowest BCUT2D eigenvalue weighted by molar-refractivity contribution is -0.522. The Morgan fingerprint density at radius 2 is 0.730 bits per heavy atom. The van der Waals surface area contributed by atoms with E-state index in [0.717, 1.165) is 19.0 Å². The second kappa shape index (κ2) is 12.9. The fraction of sp³-hybridized carbons (Fsp3) is 0.242. The summed E-state index contributed by atoms with van der Waals surface area (Å²) in [4.78, 5) is 4.91. The van der Waals surface area contributed by atoms with E-state index >= 15 is 0 Å². The van der Waals surface area contributed by atoms with Crippen molar-refractivity contribution in [3.63, 3.8) is 0 Å². The van der Waals surface area contributed by atoms with E-state index in [0.29, 0.717) is 0 Å². The highest BCUT2D eigenvalue weighted by atomic mass is 127. The summed E-state index contributed by atoms with van der Waals surface area (Å²) in [7, 11) is 0. The third-order valence-corrected chi connectivity index (χ3v) is 6.87. The van der Waals surface area contributed by atoms with Crippen molar-refractivity contribution in [1.29, 1.82) is 0 Å². The van der Waals surface area contributed by atoms with E-state index in [1.54, 1.807) is 0 Å². The van der Waals surface area contributed by atoms with E-state index in [1.807, 2.05) is 0 Å². The highest BCUT2D eigenvalue weighted by molar-refractivity contribution is 6.14. The van der Waals surface area contributed by atoms with Gasteiger partial charge in [0.25, 0.3) is 0 Å². The maximum Gasteiger partial charge on any atom is 0.370 e. The first-order valence-electron chi connectivity index (χ1n) is 12.9. The van der Waals surface area contributed by atoms with Crippen LogP contribution in [0.4, 0.5) is 22.7 Å². The molecule has 4 aromatic carbocycles. The van der Waals surface area contributed by atoms with Crippen LogP contribution in [0.5, 0.6) is 0 Å². The molecule has 0 saturated carbocycles. The summed E-state index contributed by atoms with van der Waals surface area (Å²) in [5, 5.41) is 0. The molecule has 0 radical (unpaired) electrons. The Bertz CT molecular complexity index is 1180. The van der Waals surface area contributed by atoms with Gasteiger partial charge in [-0.2, -0.15) is 9.80 Å². The molecule has 0 amide bonds. The van der Waals surface area contributed by atoms with Crippen molar-refractivity contribution in [1.82, 2.24) is 0 Å². The van der Waals surface area contributed by atoms with E-state index in [1.165, 1.54) is 45.0 Å². The predicted octanol–water partition coefficient (Wildman–Crippen LogP) is 5.31. The number of rotatable bonds is 6. The fourth-order valence-electron chi connectivity index (χ4n) is 4.84. The van der Waals surface area contributed by atoms with E-state index in [2.05, 4.69) is 153 Å². The van der Waals surface area contributed by atoms with Crippen LogP contribution in [0.25, 0.3) is 0 Å². The van der Waals surface area contributed by atoms with Crippen LogP contribution in [0.15, 0.2) is 97.1 Å². The Kier molecular flexibility index (Phi) is 9.93. The fourth-order valence-corrected chi connectivity index (χ4v) is 4.84. The van der Waals surface area contributed by atoms with Crippen LogP contribution in [-0.2, 0) is 0 Å². The van der Waals surface area contributed by atoms with Gasteiger partial charge in [0.1, 0.15) is 22.7 Å². The summed E-state index contributed by atoms with van der Waals surface area (Å²) in [6, 6.07) is 34.8. The Hall–Kier alpha value is -3.12. The van der Waals surface area contributed by atoms with Crippen molar-refractivity contribution in [2.24, 2.45) is 0 Å². The molecule has 4 rings (SSSR count). The largest absolute Gasteiger partial charge is 1.00 e. The van der Waals surface area contributed by atoms with Crippen molar-refractivity contribution in [3.8, 4) is 0 Å². The van der Waals surface area contributed by atoms with Gasteiger partial charge in [-0.3, -0.25) is 4.58 Å². The number of aryl methyl sites for hydroxylation is 4. The lowest BCUT2D eigenvalue weighted by atomic mass is 10.1. The zero-order valence-electron chi connectivity index (χ0n) is 22.9. The van der Waals surface area contributed by atoms with Crippen molar-refractivity contribution in [3.05, 3.63) is 119 Å². The van der Waals surface area contributed by atoms with Gasteiger partial charge in [0.15, 0.2) is 0 Å². The van der Waals surface area contributed by atoms with Crippen molar-refractivity contribution in [2.75, 3.05) is 22.9 Å². The standard InChI is InChI=1S/C33H38N3.HI/c1-7-34(8-2)33(35(29-21-13-9-17-25(29)3)30-22-14-10-18-26(30)4)36(31-23-15-11-19-27(31)5)32-24-16-12-20-28(32)6;/h9-24H,7-8H2,1-6H3;1H/q+1;/p-1. The molecule has 0 aliphatic carbocycles. The van der Waals surface area contributed by atoms with E-state index < -0.39 is 0 Å². The predicted molar refractivity (Wildman–Crippen MR) is 155 cm³/mol. The van der Waals surface area contributed by atoms with Gasteiger partial charge < -0.3 is 24.0 Å². The molecule has 0 atom stereocenters. The number of benzene rings is 4. The molecule has 37 heavy (non-hydrogen) atoms. The van der Waals surface area contributed by atoms with Crippen molar-refractivity contribution < 1.29 is 28.6 Å². The summed E-state index contributed by atoms with van der Waals surface area (Å²) in [5.41, 5.74) is 9.67. The molecule has 0 N–H and O–H groups in total. The van der Waals surface area contributed by atoms with Gasteiger partial charge in [0.2, 0.25) is 0 Å². The third-order valence-electron chi connectivity index (χ3n) is 6.87. The molecular weight excluding hydrogens is 565 g/mol. The van der Waals surface area contributed by atoms with Crippen LogP contribution in [0, 0.1) is 27.7 Å². The zero-order valence-corrected chi connectivity index (χ0v) is 25.0. The molecule has 192 valence electrons. The molecule has 0 unspecified atom stereocenters. The smallest absolute Gasteiger partial charge is 0.370 e. The maximum atomic E-state index is 2.47. The second-order valence-corrected chi connectivity index (χ2v) is 9.29. The Balaban J connectivity index is 0.00000380. The topological polar surface area (TPSA) is 9.49 Å².